The number of amides is 5. The van der Waals surface area contributed by atoms with Crippen LogP contribution in [-0.2, 0) is 13.1 Å². The summed E-state index contributed by atoms with van der Waals surface area (Å²) in [5, 5.41) is 20.8. The average molecular weight is 964 g/mol. The van der Waals surface area contributed by atoms with E-state index in [2.05, 4.69) is 41.2 Å². The molecule has 0 bridgehead atoms. The zero-order valence-corrected chi connectivity index (χ0v) is 38.9. The van der Waals surface area contributed by atoms with Gasteiger partial charge in [-0.3, -0.25) is 4.79 Å². The van der Waals surface area contributed by atoms with E-state index in [0.29, 0.717) is 76.5 Å². The minimum Gasteiger partial charge on any atom is -0.478 e. The monoisotopic (exact) mass is 963 g/mol. The van der Waals surface area contributed by atoms with E-state index < -0.39 is 58.6 Å². The van der Waals surface area contributed by atoms with E-state index in [9.17, 15) is 41.8 Å². The van der Waals surface area contributed by atoms with E-state index in [1.54, 1.807) is 38.1 Å². The van der Waals surface area contributed by atoms with Crippen molar-refractivity contribution in [2.45, 2.75) is 26.9 Å². The first-order valence-corrected chi connectivity index (χ1v) is 21.7. The summed E-state index contributed by atoms with van der Waals surface area (Å²) >= 11 is 0. The van der Waals surface area contributed by atoms with Gasteiger partial charge in [-0.15, -0.1) is 0 Å². The summed E-state index contributed by atoms with van der Waals surface area (Å²) in [5.74, 6) is -4.82. The summed E-state index contributed by atoms with van der Waals surface area (Å²) < 4.78 is 58.9. The fraction of sp³-hybridized carbons (Fsp3) is 0.250. The molecule has 0 spiro atoms. The van der Waals surface area contributed by atoms with Gasteiger partial charge in [0.15, 0.2) is 11.6 Å². The number of aromatic carboxylic acids is 1. The van der Waals surface area contributed by atoms with E-state index in [4.69, 9.17) is 5.73 Å². The molecule has 70 heavy (non-hydrogen) atoms. The quantitative estimate of drug-likeness (QED) is 0.0610. The van der Waals surface area contributed by atoms with E-state index >= 15 is 0 Å². The van der Waals surface area contributed by atoms with Gasteiger partial charge < -0.3 is 41.9 Å². The Kier molecular flexibility index (Phi) is 14.9. The van der Waals surface area contributed by atoms with Gasteiger partial charge in [-0.05, 0) is 102 Å². The number of likely N-dealkylation sites (N-methyl/N-ethyl adjacent to an activating group) is 2. The molecule has 5 amide bonds. The number of halogens is 4. The van der Waals surface area contributed by atoms with E-state index in [0.717, 1.165) is 34.1 Å². The van der Waals surface area contributed by atoms with Gasteiger partial charge in [0.2, 0.25) is 17.8 Å². The van der Waals surface area contributed by atoms with Crippen LogP contribution in [0, 0.1) is 37.1 Å². The molecule has 18 nitrogen and oxygen atoms in total. The number of aromatic nitrogens is 4. The van der Waals surface area contributed by atoms with Crippen molar-refractivity contribution in [3.8, 4) is 22.5 Å². The van der Waals surface area contributed by atoms with Gasteiger partial charge in [0, 0.05) is 54.0 Å². The lowest BCUT2D eigenvalue weighted by Gasteiger charge is -2.31. The number of benzene rings is 4. The lowest BCUT2D eigenvalue weighted by molar-refractivity contribution is 0.0696. The minimum atomic E-state index is -1.07. The number of carbonyl (C=O) groups is 4. The first-order chi connectivity index (χ1) is 33.3. The predicted octanol–water partition coefficient (Wildman–Crippen LogP) is 6.93. The maximum atomic E-state index is 14.7. The topological polar surface area (TPSA) is 227 Å². The van der Waals surface area contributed by atoms with Crippen LogP contribution in [0.3, 0.4) is 0 Å². The molecule has 4 heterocycles. The fourth-order valence-electron chi connectivity index (χ4n) is 7.67. The number of urea groups is 2. The highest BCUT2D eigenvalue weighted by molar-refractivity contribution is 6.03. The second kappa shape index (κ2) is 21.0. The van der Waals surface area contributed by atoms with Crippen molar-refractivity contribution in [2.75, 3.05) is 74.8 Å². The smallest absolute Gasteiger partial charge is 0.335 e. The normalized spacial score (nSPS) is 13.0. The molecule has 2 aliphatic heterocycles. The number of carboxylic acids is 1. The number of nitrogens with one attached hydrogen (secondary N) is 4. The van der Waals surface area contributed by atoms with Gasteiger partial charge in [-0.2, -0.15) is 9.97 Å². The molecule has 0 unspecified atom stereocenters. The van der Waals surface area contributed by atoms with Crippen LogP contribution in [0.4, 0.5) is 62.1 Å². The summed E-state index contributed by atoms with van der Waals surface area (Å²) in [5.41, 5.74) is 9.17. The van der Waals surface area contributed by atoms with Crippen LogP contribution < -0.4 is 36.8 Å². The molecule has 7 N–H and O–H groups in total. The van der Waals surface area contributed by atoms with Crippen LogP contribution in [0.5, 0.6) is 0 Å². The Morgan fingerprint density at radius 3 is 1.39 bits per heavy atom. The molecular weight excluding hydrogens is 915 g/mol. The Labute approximate surface area is 399 Å². The number of fused-ring (bicyclic) bond motifs is 2. The summed E-state index contributed by atoms with van der Waals surface area (Å²) in [6, 6.07) is 14.8. The van der Waals surface area contributed by atoms with Crippen molar-refractivity contribution in [3.05, 3.63) is 129 Å². The Bertz CT molecular complexity index is 2790. The number of nitrogens with zero attached hydrogens (tertiary/aromatic N) is 8. The van der Waals surface area contributed by atoms with Gasteiger partial charge in [0.1, 0.15) is 34.6 Å². The van der Waals surface area contributed by atoms with Crippen molar-refractivity contribution >= 4 is 58.8 Å². The number of carbonyl (C=O) groups excluding carboxylic acids is 3. The SMILES string of the molecule is Cc1cc(C(=O)O)ccc1-c1nc(NCCN(C)C)nc2c1CNC(=O)N2c1c(F)cccc1F.Cc1cc(C(N)=O)ccc1-c1nc(NCCN(C)C)nc2c1CNC(=O)N2c1c(F)cccc1F. The van der Waals surface area contributed by atoms with Crippen molar-refractivity contribution in [2.24, 2.45) is 5.73 Å². The maximum Gasteiger partial charge on any atom is 0.335 e. The first kappa shape index (κ1) is 49.7. The molecule has 22 heteroatoms. The number of primary amides is 1. The fourth-order valence-corrected chi connectivity index (χ4v) is 7.67. The van der Waals surface area contributed by atoms with Crippen molar-refractivity contribution in [1.82, 2.24) is 40.4 Å². The number of hydrogen-bond donors (Lipinski definition) is 6. The Morgan fingerprint density at radius 2 is 1.03 bits per heavy atom. The first-order valence-electron chi connectivity index (χ1n) is 21.7. The molecular formula is C48H49F4N13O5. The van der Waals surface area contributed by atoms with Crippen molar-refractivity contribution < 1.29 is 41.8 Å². The highest BCUT2D eigenvalue weighted by atomic mass is 19.1. The average Bonchev–Trinajstić information content (AvgIpc) is 3.29. The molecule has 0 saturated heterocycles. The number of rotatable bonds is 14. The Morgan fingerprint density at radius 1 is 0.643 bits per heavy atom. The number of para-hydroxylation sites is 2. The van der Waals surface area contributed by atoms with Gasteiger partial charge in [-0.25, -0.2) is 51.7 Å². The van der Waals surface area contributed by atoms with Crippen LogP contribution in [0.25, 0.3) is 22.5 Å². The van der Waals surface area contributed by atoms with E-state index in [1.165, 1.54) is 24.3 Å². The van der Waals surface area contributed by atoms with Crippen LogP contribution in [0.2, 0.25) is 0 Å². The molecule has 0 aliphatic carbocycles. The van der Waals surface area contributed by atoms with Crippen molar-refractivity contribution in [1.29, 1.82) is 0 Å². The second-order valence-electron chi connectivity index (χ2n) is 16.7. The van der Waals surface area contributed by atoms with E-state index in [1.807, 2.05) is 38.0 Å². The van der Waals surface area contributed by atoms with Crippen LogP contribution >= 0.6 is 0 Å². The third kappa shape index (κ3) is 10.6. The number of nitrogens with two attached hydrogens (primary N) is 1. The molecule has 2 aromatic heterocycles. The Balaban J connectivity index is 0.000000206. The lowest BCUT2D eigenvalue weighted by atomic mass is 9.98. The standard InChI is InChI=1S/C24H25F2N7O2.C24H24F2N6O3/c1-13-11-14(21(27)34)7-8-15(13)19-16-12-29-24(35)33(20-17(25)5-4-6-18(20)26)22(16)31-23(30-19)28-9-10-32(2)3;1-13-11-14(22(33)34)7-8-15(13)19-16-12-28-24(35)32(20-17(25)5-4-6-18(20)26)21(16)30-23(29-19)27-9-10-31(2)3/h4-8,11H,9-10,12H2,1-3H3,(H2,27,34)(H,29,35)(H,28,30,31);4-8,11H,9-10,12H2,1-3H3,(H,28,35)(H,33,34)(H,27,29,30). The third-order valence-electron chi connectivity index (χ3n) is 11.1. The number of carboxylic acid groups (broad SMARTS) is 1. The Hall–Kier alpha value is -8.24. The highest BCUT2D eigenvalue weighted by Crippen LogP contribution is 2.41. The molecule has 0 radical (unpaired) electrons. The van der Waals surface area contributed by atoms with Crippen LogP contribution in [0.1, 0.15) is 43.0 Å². The molecule has 8 rings (SSSR count). The third-order valence-corrected chi connectivity index (χ3v) is 11.1. The zero-order chi connectivity index (χ0) is 50.6. The number of aryl methyl sites for hydroxylation is 2. The molecule has 0 fully saturated rings. The maximum absolute atomic E-state index is 14.7. The lowest BCUT2D eigenvalue weighted by Crippen LogP contribution is -2.43. The molecule has 364 valence electrons. The molecule has 4 aromatic carbocycles. The minimum absolute atomic E-state index is 0.0220. The zero-order valence-electron chi connectivity index (χ0n) is 38.9. The van der Waals surface area contributed by atoms with Gasteiger partial charge >= 0.3 is 18.0 Å². The summed E-state index contributed by atoms with van der Waals surface area (Å²) in [6.45, 7) is 5.91. The predicted molar refractivity (Wildman–Crippen MR) is 255 cm³/mol. The molecule has 0 saturated carbocycles. The summed E-state index contributed by atoms with van der Waals surface area (Å²) in [4.78, 5) is 72.6. The highest BCUT2D eigenvalue weighted by Gasteiger charge is 2.36. The largest absolute Gasteiger partial charge is 0.478 e. The summed E-state index contributed by atoms with van der Waals surface area (Å²) in [7, 11) is 7.64. The van der Waals surface area contributed by atoms with Gasteiger partial charge in [-0.1, -0.05) is 24.3 Å². The molecule has 6 aromatic rings. The van der Waals surface area contributed by atoms with E-state index in [-0.39, 0.29) is 42.2 Å². The van der Waals surface area contributed by atoms with Crippen LogP contribution in [0.15, 0.2) is 72.8 Å². The molecule has 0 atom stereocenters. The van der Waals surface area contributed by atoms with Gasteiger partial charge in [0.05, 0.1) is 30.0 Å². The molecule has 2 aliphatic rings. The second-order valence-corrected chi connectivity index (χ2v) is 16.7. The number of anilines is 6. The van der Waals surface area contributed by atoms with Gasteiger partial charge in [0.25, 0.3) is 0 Å². The van der Waals surface area contributed by atoms with Crippen molar-refractivity contribution in [3.63, 3.8) is 0 Å². The van der Waals surface area contributed by atoms with Crippen LogP contribution in [-0.4, -0.2) is 113 Å². The summed E-state index contributed by atoms with van der Waals surface area (Å²) in [6.07, 6.45) is 0. The number of hydrogen-bond acceptors (Lipinski definition) is 12.